The summed E-state index contributed by atoms with van der Waals surface area (Å²) in [7, 11) is 0. The van der Waals surface area contributed by atoms with Gasteiger partial charge in [0.15, 0.2) is 0 Å². The molecule has 0 aromatic rings. The number of rotatable bonds is 8. The highest BCUT2D eigenvalue weighted by molar-refractivity contribution is 4.51. The standard InChI is InChI=1S/C10H22O4/c1-8(11)4-5-13-7-10(3)14-6-9(2)12/h8-12H,4-7H2,1-3H3. The molecular weight excluding hydrogens is 184 g/mol. The third-order valence-corrected chi connectivity index (χ3v) is 1.65. The lowest BCUT2D eigenvalue weighted by molar-refractivity contribution is -0.0398. The molecule has 3 atom stereocenters. The van der Waals surface area contributed by atoms with Crippen LogP contribution in [-0.4, -0.2) is 48.3 Å². The van der Waals surface area contributed by atoms with Crippen molar-refractivity contribution in [2.24, 2.45) is 0 Å². The number of aliphatic hydroxyl groups is 2. The highest BCUT2D eigenvalue weighted by Gasteiger charge is 2.04. The van der Waals surface area contributed by atoms with Crippen LogP contribution < -0.4 is 0 Å². The summed E-state index contributed by atoms with van der Waals surface area (Å²) in [6, 6.07) is 0. The van der Waals surface area contributed by atoms with Gasteiger partial charge in [0.25, 0.3) is 0 Å². The predicted molar refractivity (Wildman–Crippen MR) is 54.2 cm³/mol. The van der Waals surface area contributed by atoms with Crippen molar-refractivity contribution in [1.29, 1.82) is 0 Å². The predicted octanol–water partition coefficient (Wildman–Crippen LogP) is 0.560. The van der Waals surface area contributed by atoms with Gasteiger partial charge in [-0.3, -0.25) is 0 Å². The lowest BCUT2D eigenvalue weighted by Gasteiger charge is -2.14. The molecule has 2 N–H and O–H groups in total. The summed E-state index contributed by atoms with van der Waals surface area (Å²) >= 11 is 0. The summed E-state index contributed by atoms with van der Waals surface area (Å²) in [5.41, 5.74) is 0. The maximum absolute atomic E-state index is 8.95. The van der Waals surface area contributed by atoms with Crippen molar-refractivity contribution in [3.8, 4) is 0 Å². The zero-order valence-corrected chi connectivity index (χ0v) is 9.27. The topological polar surface area (TPSA) is 58.9 Å². The fourth-order valence-corrected chi connectivity index (χ4v) is 0.855. The van der Waals surface area contributed by atoms with Gasteiger partial charge in [0.05, 0.1) is 31.5 Å². The maximum Gasteiger partial charge on any atom is 0.0781 e. The first-order valence-electron chi connectivity index (χ1n) is 5.07. The van der Waals surface area contributed by atoms with Crippen molar-refractivity contribution in [1.82, 2.24) is 0 Å². The van der Waals surface area contributed by atoms with Crippen LogP contribution in [0, 0.1) is 0 Å². The molecule has 4 heteroatoms. The Kier molecular flexibility index (Phi) is 8.08. The van der Waals surface area contributed by atoms with Gasteiger partial charge in [-0.1, -0.05) is 0 Å². The first kappa shape index (κ1) is 13.8. The molecule has 4 nitrogen and oxygen atoms in total. The molecule has 0 aliphatic carbocycles. The minimum absolute atomic E-state index is 0.0152. The first-order valence-corrected chi connectivity index (χ1v) is 5.07. The van der Waals surface area contributed by atoms with Crippen LogP contribution in [0.1, 0.15) is 27.2 Å². The van der Waals surface area contributed by atoms with E-state index in [4.69, 9.17) is 19.7 Å². The second-order valence-corrected chi connectivity index (χ2v) is 3.71. The van der Waals surface area contributed by atoms with E-state index < -0.39 is 6.10 Å². The van der Waals surface area contributed by atoms with E-state index in [1.807, 2.05) is 6.92 Å². The molecular formula is C10H22O4. The van der Waals surface area contributed by atoms with Crippen molar-refractivity contribution in [3.63, 3.8) is 0 Å². The first-order chi connectivity index (χ1) is 6.52. The number of aliphatic hydroxyl groups excluding tert-OH is 2. The van der Waals surface area contributed by atoms with E-state index in [0.29, 0.717) is 26.2 Å². The summed E-state index contributed by atoms with van der Waals surface area (Å²) in [6.07, 6.45) is -0.124. The van der Waals surface area contributed by atoms with E-state index in [-0.39, 0.29) is 12.2 Å². The van der Waals surface area contributed by atoms with Crippen molar-refractivity contribution >= 4 is 0 Å². The highest BCUT2D eigenvalue weighted by Crippen LogP contribution is 1.96. The third kappa shape index (κ3) is 9.92. The fraction of sp³-hybridized carbons (Fsp3) is 1.00. The average molecular weight is 206 g/mol. The number of hydrogen-bond donors (Lipinski definition) is 2. The Hall–Kier alpha value is -0.160. The zero-order chi connectivity index (χ0) is 11.0. The van der Waals surface area contributed by atoms with Gasteiger partial charge in [-0.15, -0.1) is 0 Å². The van der Waals surface area contributed by atoms with Crippen LogP contribution in [0.4, 0.5) is 0 Å². The van der Waals surface area contributed by atoms with E-state index in [2.05, 4.69) is 0 Å². The van der Waals surface area contributed by atoms with Crippen LogP contribution >= 0.6 is 0 Å². The molecule has 0 amide bonds. The molecule has 0 saturated carbocycles. The van der Waals surface area contributed by atoms with Gasteiger partial charge in [0.2, 0.25) is 0 Å². The second kappa shape index (κ2) is 8.17. The molecule has 0 radical (unpaired) electrons. The maximum atomic E-state index is 8.95. The lowest BCUT2D eigenvalue weighted by atomic mass is 10.3. The van der Waals surface area contributed by atoms with E-state index in [1.165, 1.54) is 0 Å². The summed E-state index contributed by atoms with van der Waals surface area (Å²) in [5.74, 6) is 0. The van der Waals surface area contributed by atoms with Crippen LogP contribution in [0.5, 0.6) is 0 Å². The van der Waals surface area contributed by atoms with E-state index in [9.17, 15) is 0 Å². The molecule has 0 aliphatic heterocycles. The molecule has 0 aromatic carbocycles. The Labute approximate surface area is 85.8 Å². The number of ether oxygens (including phenoxy) is 2. The Morgan fingerprint density at radius 1 is 1.00 bits per heavy atom. The van der Waals surface area contributed by atoms with Gasteiger partial charge in [-0.05, 0) is 27.2 Å². The normalized spacial score (nSPS) is 17.8. The van der Waals surface area contributed by atoms with Crippen molar-refractivity contribution in [3.05, 3.63) is 0 Å². The van der Waals surface area contributed by atoms with Gasteiger partial charge in [-0.2, -0.15) is 0 Å². The van der Waals surface area contributed by atoms with Crippen molar-refractivity contribution in [2.75, 3.05) is 19.8 Å². The van der Waals surface area contributed by atoms with Gasteiger partial charge >= 0.3 is 0 Å². The summed E-state index contributed by atoms with van der Waals surface area (Å²) in [5, 5.41) is 17.9. The third-order valence-electron chi connectivity index (χ3n) is 1.65. The molecule has 3 unspecified atom stereocenters. The molecule has 0 heterocycles. The Bertz CT molecular complexity index is 125. The molecule has 0 aromatic heterocycles. The molecule has 0 spiro atoms. The minimum atomic E-state index is -0.435. The molecule has 0 fully saturated rings. The van der Waals surface area contributed by atoms with Gasteiger partial charge in [0.1, 0.15) is 0 Å². The molecule has 0 aliphatic rings. The molecule has 0 rings (SSSR count). The summed E-state index contributed by atoms with van der Waals surface area (Å²) in [4.78, 5) is 0. The minimum Gasteiger partial charge on any atom is -0.393 e. The van der Waals surface area contributed by atoms with Crippen LogP contribution in [0.2, 0.25) is 0 Å². The van der Waals surface area contributed by atoms with Crippen molar-refractivity contribution in [2.45, 2.75) is 45.5 Å². The van der Waals surface area contributed by atoms with Gasteiger partial charge in [-0.25, -0.2) is 0 Å². The van der Waals surface area contributed by atoms with Crippen LogP contribution in [-0.2, 0) is 9.47 Å². The Morgan fingerprint density at radius 2 is 1.64 bits per heavy atom. The second-order valence-electron chi connectivity index (χ2n) is 3.71. The highest BCUT2D eigenvalue weighted by atomic mass is 16.5. The zero-order valence-electron chi connectivity index (χ0n) is 9.27. The SMILES string of the molecule is CC(O)CCOCC(C)OCC(C)O. The monoisotopic (exact) mass is 206 g/mol. The van der Waals surface area contributed by atoms with Crippen LogP contribution in [0.15, 0.2) is 0 Å². The van der Waals surface area contributed by atoms with Crippen molar-refractivity contribution < 1.29 is 19.7 Å². The number of hydrogen-bond acceptors (Lipinski definition) is 4. The summed E-state index contributed by atoms with van der Waals surface area (Å²) < 4.78 is 10.5. The molecule has 14 heavy (non-hydrogen) atoms. The van der Waals surface area contributed by atoms with Gasteiger partial charge in [0, 0.05) is 6.61 Å². The van der Waals surface area contributed by atoms with E-state index >= 15 is 0 Å². The smallest absolute Gasteiger partial charge is 0.0781 e. The average Bonchev–Trinajstić information content (AvgIpc) is 2.08. The van der Waals surface area contributed by atoms with Crippen LogP contribution in [0.3, 0.4) is 0 Å². The summed E-state index contributed by atoms with van der Waals surface area (Å²) in [6.45, 7) is 6.68. The van der Waals surface area contributed by atoms with E-state index in [0.717, 1.165) is 0 Å². The molecule has 0 bridgehead atoms. The Morgan fingerprint density at radius 3 is 2.14 bits per heavy atom. The Balaban J connectivity index is 3.22. The van der Waals surface area contributed by atoms with Gasteiger partial charge < -0.3 is 19.7 Å². The lowest BCUT2D eigenvalue weighted by Crippen LogP contribution is -2.22. The largest absolute Gasteiger partial charge is 0.393 e. The molecule has 86 valence electrons. The fourth-order valence-electron chi connectivity index (χ4n) is 0.855. The van der Waals surface area contributed by atoms with E-state index in [1.54, 1.807) is 13.8 Å². The molecule has 0 saturated heterocycles. The van der Waals surface area contributed by atoms with Crippen LogP contribution in [0.25, 0.3) is 0 Å². The quantitative estimate of drug-likeness (QED) is 0.570.